The number of amides is 1. The normalized spacial score (nSPS) is 15.9. The van der Waals surface area contributed by atoms with Crippen molar-refractivity contribution in [1.29, 1.82) is 0 Å². The van der Waals surface area contributed by atoms with Gasteiger partial charge in [0.05, 0.1) is 16.9 Å². The Morgan fingerprint density at radius 3 is 2.37 bits per heavy atom. The third-order valence-electron chi connectivity index (χ3n) is 4.83. The molecule has 152 valence electrons. The molecule has 1 atom stereocenters. The van der Waals surface area contributed by atoms with E-state index in [2.05, 4.69) is 10.4 Å². The smallest absolute Gasteiger partial charge is 0.326 e. The molecular weight excluding hydrogens is 393 g/mol. The maximum atomic E-state index is 13.4. The summed E-state index contributed by atoms with van der Waals surface area (Å²) >= 11 is 0. The summed E-state index contributed by atoms with van der Waals surface area (Å²) in [6.07, 6.45) is -4.50. The van der Waals surface area contributed by atoms with E-state index in [1.807, 2.05) is 6.07 Å². The van der Waals surface area contributed by atoms with Gasteiger partial charge in [-0.25, -0.2) is 10.8 Å². The minimum Gasteiger partial charge on any atom is -0.326 e. The van der Waals surface area contributed by atoms with Crippen LogP contribution in [0, 0.1) is 0 Å². The number of fused-ring (bicyclic) bond motifs is 1. The second kappa shape index (κ2) is 7.64. The number of carbonyl (C=O) groups is 1. The summed E-state index contributed by atoms with van der Waals surface area (Å²) in [5.41, 5.74) is 3.41. The van der Waals surface area contributed by atoms with E-state index in [-0.39, 0.29) is 11.4 Å². The Bertz CT molecular complexity index is 1110. The van der Waals surface area contributed by atoms with Gasteiger partial charge in [0.25, 0.3) is 5.91 Å². The van der Waals surface area contributed by atoms with Gasteiger partial charge in [0.1, 0.15) is 11.8 Å². The zero-order chi connectivity index (χ0) is 21.3. The number of nitrogens with two attached hydrogens (primary N) is 1. The number of rotatable bonds is 3. The molecule has 0 bridgehead atoms. The number of hydrogen-bond acceptors (Lipinski definition) is 4. The van der Waals surface area contributed by atoms with Gasteiger partial charge >= 0.3 is 6.18 Å². The lowest BCUT2D eigenvalue weighted by molar-refractivity contribution is -0.137. The first-order valence-electron chi connectivity index (χ1n) is 9.10. The summed E-state index contributed by atoms with van der Waals surface area (Å²) in [5.74, 6) is 4.77. The first-order valence-corrected chi connectivity index (χ1v) is 9.10. The van der Waals surface area contributed by atoms with Crippen LogP contribution < -0.4 is 16.2 Å². The minimum absolute atomic E-state index is 0.0832. The van der Waals surface area contributed by atoms with Gasteiger partial charge in [-0.05, 0) is 35.9 Å². The molecule has 30 heavy (non-hydrogen) atoms. The van der Waals surface area contributed by atoms with Gasteiger partial charge in [0.15, 0.2) is 0 Å². The van der Waals surface area contributed by atoms with Crippen molar-refractivity contribution < 1.29 is 18.0 Å². The molecule has 8 heteroatoms. The Morgan fingerprint density at radius 2 is 1.67 bits per heavy atom. The number of carbonyl (C=O) groups excluding carboxylic acids is 1. The van der Waals surface area contributed by atoms with Crippen LogP contribution in [0.3, 0.4) is 0 Å². The van der Waals surface area contributed by atoms with E-state index >= 15 is 0 Å². The molecule has 1 aliphatic heterocycles. The number of anilines is 2. The Morgan fingerprint density at radius 1 is 0.967 bits per heavy atom. The number of hydrogen-bond donors (Lipinski definition) is 2. The van der Waals surface area contributed by atoms with Crippen LogP contribution in [0.1, 0.15) is 17.2 Å². The number of para-hydroxylation sites is 2. The van der Waals surface area contributed by atoms with Crippen molar-refractivity contribution >= 4 is 28.7 Å². The standard InChI is InChI=1S/C22H17F3N4O/c23-22(24,25)15-9-6-10-16(13-15)29-18-12-5-4-11-17(18)27-19(21(30)28-26)20(29)14-7-2-1-3-8-14/h1-13,20H,26H2,(H,28,30). The van der Waals surface area contributed by atoms with E-state index in [1.165, 1.54) is 6.07 Å². The number of halogens is 3. The summed E-state index contributed by atoms with van der Waals surface area (Å²) in [7, 11) is 0. The van der Waals surface area contributed by atoms with E-state index in [9.17, 15) is 18.0 Å². The van der Waals surface area contributed by atoms with Crippen molar-refractivity contribution in [1.82, 2.24) is 5.43 Å². The van der Waals surface area contributed by atoms with Crippen molar-refractivity contribution in [3.63, 3.8) is 0 Å². The fourth-order valence-electron chi connectivity index (χ4n) is 3.53. The zero-order valence-corrected chi connectivity index (χ0v) is 15.6. The zero-order valence-electron chi connectivity index (χ0n) is 15.6. The molecule has 0 radical (unpaired) electrons. The van der Waals surface area contributed by atoms with E-state index in [1.54, 1.807) is 59.5 Å². The van der Waals surface area contributed by atoms with Gasteiger partial charge in [0, 0.05) is 5.69 Å². The van der Waals surface area contributed by atoms with Crippen LogP contribution in [0.25, 0.3) is 0 Å². The molecule has 0 saturated heterocycles. The van der Waals surface area contributed by atoms with Crippen LogP contribution in [0.5, 0.6) is 0 Å². The molecule has 1 heterocycles. The first kappa shape index (κ1) is 19.7. The highest BCUT2D eigenvalue weighted by Gasteiger charge is 2.37. The summed E-state index contributed by atoms with van der Waals surface area (Å²) in [6.45, 7) is 0. The molecule has 1 amide bonds. The van der Waals surface area contributed by atoms with E-state index in [0.717, 1.165) is 12.1 Å². The molecule has 3 aromatic rings. The minimum atomic E-state index is -4.50. The van der Waals surface area contributed by atoms with E-state index < -0.39 is 23.7 Å². The molecule has 1 unspecified atom stereocenters. The molecule has 0 fully saturated rings. The van der Waals surface area contributed by atoms with Gasteiger partial charge in [-0.2, -0.15) is 13.2 Å². The molecule has 3 N–H and O–H groups in total. The lowest BCUT2D eigenvalue weighted by Gasteiger charge is -2.38. The molecule has 3 aromatic carbocycles. The quantitative estimate of drug-likeness (QED) is 0.375. The Kier molecular flexibility index (Phi) is 5.01. The van der Waals surface area contributed by atoms with E-state index in [4.69, 9.17) is 5.84 Å². The highest BCUT2D eigenvalue weighted by atomic mass is 19.4. The predicted octanol–water partition coefficient (Wildman–Crippen LogP) is 4.66. The van der Waals surface area contributed by atoms with Crippen molar-refractivity contribution in [3.8, 4) is 0 Å². The monoisotopic (exact) mass is 410 g/mol. The van der Waals surface area contributed by atoms with Crippen LogP contribution in [-0.4, -0.2) is 11.6 Å². The molecule has 1 aliphatic rings. The lowest BCUT2D eigenvalue weighted by Crippen LogP contribution is -2.44. The number of hydrazine groups is 1. The molecule has 0 saturated carbocycles. The van der Waals surface area contributed by atoms with Crippen LogP contribution in [0.2, 0.25) is 0 Å². The lowest BCUT2D eigenvalue weighted by atomic mass is 9.95. The van der Waals surface area contributed by atoms with Crippen LogP contribution in [-0.2, 0) is 11.0 Å². The topological polar surface area (TPSA) is 70.7 Å². The summed E-state index contributed by atoms with van der Waals surface area (Å²) in [6, 6.07) is 20.2. The molecule has 0 aliphatic carbocycles. The Balaban J connectivity index is 1.98. The van der Waals surface area contributed by atoms with Gasteiger partial charge in [0.2, 0.25) is 0 Å². The first-order chi connectivity index (χ1) is 14.4. The number of aliphatic imine (C=N–C) groups is 1. The average molecular weight is 410 g/mol. The van der Waals surface area contributed by atoms with Crippen molar-refractivity contribution in [2.75, 3.05) is 4.90 Å². The van der Waals surface area contributed by atoms with Gasteiger partial charge in [-0.15, -0.1) is 0 Å². The maximum absolute atomic E-state index is 13.4. The molecule has 4 rings (SSSR count). The maximum Gasteiger partial charge on any atom is 0.416 e. The fourth-order valence-corrected chi connectivity index (χ4v) is 3.53. The van der Waals surface area contributed by atoms with Crippen molar-refractivity contribution in [2.24, 2.45) is 10.8 Å². The number of alkyl halides is 3. The largest absolute Gasteiger partial charge is 0.416 e. The van der Waals surface area contributed by atoms with Crippen LogP contribution >= 0.6 is 0 Å². The summed E-state index contributed by atoms with van der Waals surface area (Å²) < 4.78 is 40.2. The Hall–Kier alpha value is -3.65. The van der Waals surface area contributed by atoms with Crippen molar-refractivity contribution in [3.05, 3.63) is 90.0 Å². The van der Waals surface area contributed by atoms with Crippen LogP contribution in [0.4, 0.5) is 30.2 Å². The third kappa shape index (κ3) is 3.53. The fraction of sp³-hybridized carbons (Fsp3) is 0.0909. The summed E-state index contributed by atoms with van der Waals surface area (Å²) in [5, 5.41) is 0. The number of nitrogens with one attached hydrogen (secondary N) is 1. The molecule has 0 spiro atoms. The second-order valence-electron chi connectivity index (χ2n) is 6.69. The third-order valence-corrected chi connectivity index (χ3v) is 4.83. The highest BCUT2D eigenvalue weighted by molar-refractivity contribution is 6.42. The number of nitrogens with zero attached hydrogens (tertiary/aromatic N) is 2. The van der Waals surface area contributed by atoms with Gasteiger partial charge in [-0.3, -0.25) is 10.2 Å². The van der Waals surface area contributed by atoms with E-state index in [0.29, 0.717) is 16.9 Å². The predicted molar refractivity (Wildman–Crippen MR) is 109 cm³/mol. The number of benzene rings is 3. The Labute approximate surface area is 170 Å². The molecular formula is C22H17F3N4O. The highest BCUT2D eigenvalue weighted by Crippen LogP contribution is 2.46. The molecule has 5 nitrogen and oxygen atoms in total. The average Bonchev–Trinajstić information content (AvgIpc) is 2.77. The SMILES string of the molecule is NNC(=O)C1=Nc2ccccc2N(c2cccc(C(F)(F)F)c2)C1c1ccccc1. The second-order valence-corrected chi connectivity index (χ2v) is 6.69. The van der Waals surface area contributed by atoms with Crippen LogP contribution in [0.15, 0.2) is 83.9 Å². The van der Waals surface area contributed by atoms with Gasteiger partial charge < -0.3 is 4.90 Å². The van der Waals surface area contributed by atoms with Crippen molar-refractivity contribution in [2.45, 2.75) is 12.2 Å². The van der Waals surface area contributed by atoms with Gasteiger partial charge in [-0.1, -0.05) is 48.5 Å². The summed E-state index contributed by atoms with van der Waals surface area (Å²) in [4.78, 5) is 18.7. The molecule has 0 aromatic heterocycles.